The molecule has 1 amide bonds. The van der Waals surface area contributed by atoms with Gasteiger partial charge in [0, 0.05) is 5.92 Å². The second-order valence-electron chi connectivity index (χ2n) is 5.43. The van der Waals surface area contributed by atoms with Crippen LogP contribution in [0.15, 0.2) is 0 Å². The third-order valence-corrected chi connectivity index (χ3v) is 5.08. The zero-order valence-corrected chi connectivity index (χ0v) is 11.4. The van der Waals surface area contributed by atoms with E-state index in [1.165, 1.54) is 0 Å². The van der Waals surface area contributed by atoms with Crippen LogP contribution in [-0.4, -0.2) is 34.0 Å². The summed E-state index contributed by atoms with van der Waals surface area (Å²) >= 11 is 1.89. The third-order valence-electron chi connectivity index (χ3n) is 4.03. The van der Waals surface area contributed by atoms with Crippen LogP contribution in [0.25, 0.3) is 0 Å². The lowest BCUT2D eigenvalue weighted by Gasteiger charge is -2.31. The number of hydrogen-bond donors (Lipinski definition) is 2. The highest BCUT2D eigenvalue weighted by molar-refractivity contribution is 7.99. The van der Waals surface area contributed by atoms with Gasteiger partial charge in [-0.3, -0.25) is 9.59 Å². The van der Waals surface area contributed by atoms with E-state index >= 15 is 0 Å². The summed E-state index contributed by atoms with van der Waals surface area (Å²) in [6, 6.07) is 0. The van der Waals surface area contributed by atoms with Gasteiger partial charge in [0.25, 0.3) is 0 Å². The van der Waals surface area contributed by atoms with E-state index in [1.54, 1.807) is 0 Å². The molecule has 1 heterocycles. The molecule has 0 bridgehead atoms. The van der Waals surface area contributed by atoms with Crippen molar-refractivity contribution in [2.75, 3.05) is 11.5 Å². The lowest BCUT2D eigenvalue weighted by molar-refractivity contribution is -0.139. The van der Waals surface area contributed by atoms with Crippen molar-refractivity contribution < 1.29 is 14.7 Å². The highest BCUT2D eigenvalue weighted by Gasteiger charge is 2.38. The Kier molecular flexibility index (Phi) is 4.54. The molecule has 0 aromatic rings. The minimum atomic E-state index is -0.809. The van der Waals surface area contributed by atoms with Crippen LogP contribution in [0.5, 0.6) is 0 Å². The van der Waals surface area contributed by atoms with Crippen molar-refractivity contribution in [3.8, 4) is 0 Å². The van der Waals surface area contributed by atoms with Crippen LogP contribution in [-0.2, 0) is 9.59 Å². The Morgan fingerprint density at radius 1 is 1.22 bits per heavy atom. The van der Waals surface area contributed by atoms with Crippen LogP contribution >= 0.6 is 11.8 Å². The summed E-state index contributed by atoms with van der Waals surface area (Å²) in [5.74, 6) is 1.46. The van der Waals surface area contributed by atoms with E-state index in [0.29, 0.717) is 0 Å². The Morgan fingerprint density at radius 3 is 2.39 bits per heavy atom. The first kappa shape index (κ1) is 13.7. The normalized spacial score (nSPS) is 23.8. The molecule has 1 saturated heterocycles. The molecular formula is C13H21NO3S. The monoisotopic (exact) mass is 271 g/mol. The third kappa shape index (κ3) is 3.40. The summed E-state index contributed by atoms with van der Waals surface area (Å²) in [7, 11) is 0. The van der Waals surface area contributed by atoms with E-state index < -0.39 is 11.5 Å². The van der Waals surface area contributed by atoms with E-state index in [-0.39, 0.29) is 18.2 Å². The molecular weight excluding hydrogens is 250 g/mol. The molecule has 2 rings (SSSR count). The fraction of sp³-hybridized carbons (Fsp3) is 0.846. The van der Waals surface area contributed by atoms with Gasteiger partial charge in [-0.25, -0.2) is 0 Å². The smallest absolute Gasteiger partial charge is 0.305 e. The fourth-order valence-electron chi connectivity index (χ4n) is 3.01. The fourth-order valence-corrected chi connectivity index (χ4v) is 4.12. The van der Waals surface area contributed by atoms with Gasteiger partial charge < -0.3 is 10.4 Å². The molecule has 0 aromatic carbocycles. The SMILES string of the molecule is O=C(O)CC1(NC(=O)C2CCSCC2)CCCC1. The molecule has 1 aliphatic heterocycles. The summed E-state index contributed by atoms with van der Waals surface area (Å²) in [5, 5.41) is 12.1. The Morgan fingerprint density at radius 2 is 1.83 bits per heavy atom. The van der Waals surface area contributed by atoms with Crippen molar-refractivity contribution >= 4 is 23.6 Å². The predicted octanol–water partition coefficient (Wildman–Crippen LogP) is 2.03. The Hall–Kier alpha value is -0.710. The van der Waals surface area contributed by atoms with E-state index in [1.807, 2.05) is 11.8 Å². The van der Waals surface area contributed by atoms with Crippen LogP contribution in [0.4, 0.5) is 0 Å². The lowest BCUT2D eigenvalue weighted by Crippen LogP contribution is -2.50. The van der Waals surface area contributed by atoms with Gasteiger partial charge in [-0.2, -0.15) is 11.8 Å². The maximum absolute atomic E-state index is 12.2. The number of carbonyl (C=O) groups is 2. The predicted molar refractivity (Wildman–Crippen MR) is 71.6 cm³/mol. The van der Waals surface area contributed by atoms with Gasteiger partial charge in [0.15, 0.2) is 0 Å². The molecule has 2 N–H and O–H groups in total. The molecule has 4 nitrogen and oxygen atoms in total. The average molecular weight is 271 g/mol. The summed E-state index contributed by atoms with van der Waals surface area (Å²) < 4.78 is 0. The van der Waals surface area contributed by atoms with Crippen LogP contribution in [0.3, 0.4) is 0 Å². The van der Waals surface area contributed by atoms with Crippen molar-refractivity contribution in [1.29, 1.82) is 0 Å². The van der Waals surface area contributed by atoms with Gasteiger partial charge in [-0.05, 0) is 37.2 Å². The quantitative estimate of drug-likeness (QED) is 0.821. The zero-order chi connectivity index (χ0) is 13.0. The van der Waals surface area contributed by atoms with Gasteiger partial charge in [0.2, 0.25) is 5.91 Å². The van der Waals surface area contributed by atoms with Crippen LogP contribution in [0.1, 0.15) is 44.9 Å². The molecule has 0 atom stereocenters. The molecule has 102 valence electrons. The number of carbonyl (C=O) groups excluding carboxylic acids is 1. The number of hydrogen-bond acceptors (Lipinski definition) is 3. The molecule has 2 fully saturated rings. The highest BCUT2D eigenvalue weighted by atomic mass is 32.2. The van der Waals surface area contributed by atoms with Crippen molar-refractivity contribution in [3.63, 3.8) is 0 Å². The van der Waals surface area contributed by atoms with Crippen molar-refractivity contribution in [2.24, 2.45) is 5.92 Å². The van der Waals surface area contributed by atoms with Gasteiger partial charge in [-0.1, -0.05) is 12.8 Å². The van der Waals surface area contributed by atoms with Crippen LogP contribution < -0.4 is 5.32 Å². The van der Waals surface area contributed by atoms with E-state index in [9.17, 15) is 9.59 Å². The second kappa shape index (κ2) is 5.95. The molecule has 0 unspecified atom stereocenters. The van der Waals surface area contributed by atoms with Crippen LogP contribution in [0.2, 0.25) is 0 Å². The summed E-state index contributed by atoms with van der Waals surface area (Å²) in [6.07, 6.45) is 5.60. The molecule has 2 aliphatic rings. The number of aliphatic carboxylic acids is 1. The first-order valence-electron chi connectivity index (χ1n) is 6.73. The van der Waals surface area contributed by atoms with E-state index in [0.717, 1.165) is 50.0 Å². The number of carboxylic acids is 1. The van der Waals surface area contributed by atoms with E-state index in [4.69, 9.17) is 5.11 Å². The average Bonchev–Trinajstić information content (AvgIpc) is 2.77. The number of carboxylic acid groups (broad SMARTS) is 1. The van der Waals surface area contributed by atoms with Crippen LogP contribution in [0, 0.1) is 5.92 Å². The summed E-state index contributed by atoms with van der Waals surface area (Å²) in [6.45, 7) is 0. The first-order valence-corrected chi connectivity index (χ1v) is 7.88. The lowest BCUT2D eigenvalue weighted by atomic mass is 9.91. The Bertz CT molecular complexity index is 320. The highest BCUT2D eigenvalue weighted by Crippen LogP contribution is 2.33. The molecule has 0 spiro atoms. The van der Waals surface area contributed by atoms with Crippen molar-refractivity contribution in [1.82, 2.24) is 5.32 Å². The minimum Gasteiger partial charge on any atom is -0.481 e. The standard InChI is InChI=1S/C13H21NO3S/c15-11(16)9-13(5-1-2-6-13)14-12(17)10-3-7-18-8-4-10/h10H,1-9H2,(H,14,17)(H,15,16). The Labute approximate surface area is 112 Å². The molecule has 18 heavy (non-hydrogen) atoms. The number of amides is 1. The van der Waals surface area contributed by atoms with Gasteiger partial charge in [0.05, 0.1) is 12.0 Å². The van der Waals surface area contributed by atoms with Gasteiger partial charge >= 0.3 is 5.97 Å². The van der Waals surface area contributed by atoms with Gasteiger partial charge in [-0.15, -0.1) is 0 Å². The van der Waals surface area contributed by atoms with Crippen molar-refractivity contribution in [2.45, 2.75) is 50.5 Å². The maximum Gasteiger partial charge on any atom is 0.305 e. The van der Waals surface area contributed by atoms with Gasteiger partial charge in [0.1, 0.15) is 0 Å². The number of rotatable bonds is 4. The molecule has 0 aromatic heterocycles. The summed E-state index contributed by atoms with van der Waals surface area (Å²) in [4.78, 5) is 23.2. The molecule has 1 aliphatic carbocycles. The van der Waals surface area contributed by atoms with E-state index in [2.05, 4.69) is 5.32 Å². The molecule has 5 heteroatoms. The number of thioether (sulfide) groups is 1. The number of nitrogens with one attached hydrogen (secondary N) is 1. The largest absolute Gasteiger partial charge is 0.481 e. The minimum absolute atomic E-state index is 0.0697. The first-order chi connectivity index (χ1) is 8.61. The molecule has 0 radical (unpaired) electrons. The van der Waals surface area contributed by atoms with Crippen molar-refractivity contribution in [3.05, 3.63) is 0 Å². The maximum atomic E-state index is 12.2. The topological polar surface area (TPSA) is 66.4 Å². The Balaban J connectivity index is 1.95. The zero-order valence-electron chi connectivity index (χ0n) is 10.6. The summed E-state index contributed by atoms with van der Waals surface area (Å²) in [5.41, 5.74) is -0.465. The molecule has 1 saturated carbocycles. The second-order valence-corrected chi connectivity index (χ2v) is 6.66.